The van der Waals surface area contributed by atoms with Crippen LogP contribution in [0.1, 0.15) is 31.1 Å². The second-order valence-electron chi connectivity index (χ2n) is 4.79. The average molecular weight is 286 g/mol. The molecule has 0 spiro atoms. The normalized spacial score (nSPS) is 10.7. The Bertz CT molecular complexity index is 457. The lowest BCUT2D eigenvalue weighted by Crippen LogP contribution is -2.52. The number of halogens is 1. The predicted octanol–water partition coefficient (Wildman–Crippen LogP) is 2.25. The zero-order valence-electron chi connectivity index (χ0n) is 10.5. The topological polar surface area (TPSA) is 53.2 Å². The van der Waals surface area contributed by atoms with Crippen LogP contribution in [0.5, 0.6) is 0 Å². The molecule has 0 unspecified atom stereocenters. The first kappa shape index (κ1) is 14.7. The zero-order valence-corrected chi connectivity index (χ0v) is 12.1. The number of hydrogen-bond donors (Lipinski definition) is 3. The molecule has 0 aliphatic rings. The maximum atomic E-state index is 11.7. The van der Waals surface area contributed by atoms with Gasteiger partial charge in [0.2, 0.25) is 0 Å². The van der Waals surface area contributed by atoms with Crippen LogP contribution in [0.15, 0.2) is 24.3 Å². The summed E-state index contributed by atoms with van der Waals surface area (Å²) in [6.45, 7) is 5.92. The van der Waals surface area contributed by atoms with Crippen molar-refractivity contribution >= 4 is 34.8 Å². The van der Waals surface area contributed by atoms with E-state index < -0.39 is 0 Å². The van der Waals surface area contributed by atoms with Gasteiger partial charge in [-0.3, -0.25) is 15.6 Å². The summed E-state index contributed by atoms with van der Waals surface area (Å²) < 4.78 is 0. The molecule has 3 N–H and O–H groups in total. The van der Waals surface area contributed by atoms with E-state index >= 15 is 0 Å². The largest absolute Gasteiger partial charge is 0.357 e. The van der Waals surface area contributed by atoms with E-state index in [0.717, 1.165) is 0 Å². The minimum absolute atomic E-state index is 0.162. The van der Waals surface area contributed by atoms with E-state index in [0.29, 0.717) is 15.7 Å². The fourth-order valence-corrected chi connectivity index (χ4v) is 1.73. The monoisotopic (exact) mass is 285 g/mol. The zero-order chi connectivity index (χ0) is 13.8. The predicted molar refractivity (Wildman–Crippen MR) is 77.5 cm³/mol. The van der Waals surface area contributed by atoms with E-state index in [9.17, 15) is 4.79 Å². The van der Waals surface area contributed by atoms with Gasteiger partial charge in [0.1, 0.15) is 0 Å². The Labute approximate surface area is 117 Å². The van der Waals surface area contributed by atoms with Crippen molar-refractivity contribution in [3.05, 3.63) is 34.9 Å². The molecule has 0 bridgehead atoms. The van der Waals surface area contributed by atoms with E-state index in [4.69, 9.17) is 23.8 Å². The SMILES string of the molecule is CC(C)(C)NC(=S)NNC(=O)c1cccc(Cl)c1. The van der Waals surface area contributed by atoms with Crippen LogP contribution < -0.4 is 16.2 Å². The fourth-order valence-electron chi connectivity index (χ4n) is 1.19. The van der Waals surface area contributed by atoms with Gasteiger partial charge in [0.05, 0.1) is 0 Å². The average Bonchev–Trinajstić information content (AvgIpc) is 2.23. The number of carbonyl (C=O) groups excluding carboxylic acids is 1. The van der Waals surface area contributed by atoms with Gasteiger partial charge in [-0.2, -0.15) is 0 Å². The maximum absolute atomic E-state index is 11.7. The van der Waals surface area contributed by atoms with Gasteiger partial charge in [0.25, 0.3) is 5.91 Å². The molecule has 1 rings (SSSR count). The van der Waals surface area contributed by atoms with Gasteiger partial charge in [-0.1, -0.05) is 17.7 Å². The van der Waals surface area contributed by atoms with Gasteiger partial charge in [-0.05, 0) is 51.2 Å². The van der Waals surface area contributed by atoms with E-state index in [-0.39, 0.29) is 11.4 Å². The van der Waals surface area contributed by atoms with Gasteiger partial charge in [0, 0.05) is 16.1 Å². The molecule has 0 radical (unpaired) electrons. The summed E-state index contributed by atoms with van der Waals surface area (Å²) in [7, 11) is 0. The highest BCUT2D eigenvalue weighted by Gasteiger charge is 2.11. The summed E-state index contributed by atoms with van der Waals surface area (Å²) in [5.41, 5.74) is 5.44. The Hall–Kier alpha value is -1.33. The first-order chi connectivity index (χ1) is 8.28. The molecule has 18 heavy (non-hydrogen) atoms. The minimum Gasteiger partial charge on any atom is -0.357 e. The molecule has 0 saturated carbocycles. The van der Waals surface area contributed by atoms with Crippen LogP contribution >= 0.6 is 23.8 Å². The molecule has 0 heterocycles. The summed E-state index contributed by atoms with van der Waals surface area (Å²) in [5.74, 6) is -0.296. The molecule has 98 valence electrons. The number of amides is 1. The number of hydrazine groups is 1. The molecule has 0 atom stereocenters. The molecule has 1 aromatic carbocycles. The summed E-state index contributed by atoms with van der Waals surface area (Å²) in [5, 5.41) is 3.89. The lowest BCUT2D eigenvalue weighted by Gasteiger charge is -2.23. The second kappa shape index (κ2) is 6.02. The Balaban J connectivity index is 2.49. The van der Waals surface area contributed by atoms with Crippen molar-refractivity contribution in [1.82, 2.24) is 16.2 Å². The molecule has 0 aliphatic carbocycles. The van der Waals surface area contributed by atoms with Crippen LogP contribution in [0.2, 0.25) is 5.02 Å². The molecule has 0 aliphatic heterocycles. The third-order valence-electron chi connectivity index (χ3n) is 1.86. The van der Waals surface area contributed by atoms with Crippen LogP contribution in [0, 0.1) is 0 Å². The van der Waals surface area contributed by atoms with Crippen LogP contribution in [-0.4, -0.2) is 16.6 Å². The van der Waals surface area contributed by atoms with Crippen molar-refractivity contribution in [2.45, 2.75) is 26.3 Å². The standard InChI is InChI=1S/C12H16ClN3OS/c1-12(2,3)14-11(18)16-15-10(17)8-5-4-6-9(13)7-8/h4-7H,1-3H3,(H,15,17)(H2,14,16,18). The first-order valence-electron chi connectivity index (χ1n) is 5.42. The molecular weight excluding hydrogens is 270 g/mol. The summed E-state index contributed by atoms with van der Waals surface area (Å²) in [4.78, 5) is 11.7. The summed E-state index contributed by atoms with van der Waals surface area (Å²) in [6.07, 6.45) is 0. The smallest absolute Gasteiger partial charge is 0.269 e. The van der Waals surface area contributed by atoms with Gasteiger partial charge in [0.15, 0.2) is 5.11 Å². The summed E-state index contributed by atoms with van der Waals surface area (Å²) in [6, 6.07) is 6.67. The molecule has 1 aromatic rings. The molecule has 4 nitrogen and oxygen atoms in total. The van der Waals surface area contributed by atoms with Crippen LogP contribution in [-0.2, 0) is 0 Å². The fraction of sp³-hybridized carbons (Fsp3) is 0.333. The molecule has 0 fully saturated rings. The van der Waals surface area contributed by atoms with Gasteiger partial charge >= 0.3 is 0 Å². The van der Waals surface area contributed by atoms with Gasteiger partial charge in [-0.15, -0.1) is 0 Å². The molecule has 0 aromatic heterocycles. The first-order valence-corrected chi connectivity index (χ1v) is 6.20. The Morgan fingerprint density at radius 3 is 2.50 bits per heavy atom. The second-order valence-corrected chi connectivity index (χ2v) is 5.64. The number of nitrogens with one attached hydrogen (secondary N) is 3. The van der Waals surface area contributed by atoms with Crippen molar-refractivity contribution in [2.24, 2.45) is 0 Å². The minimum atomic E-state index is -0.296. The molecule has 1 amide bonds. The Kier molecular flexibility index (Phi) is 4.93. The van der Waals surface area contributed by atoms with Crippen molar-refractivity contribution in [3.63, 3.8) is 0 Å². The number of carbonyl (C=O) groups is 1. The molecule has 6 heteroatoms. The third-order valence-corrected chi connectivity index (χ3v) is 2.30. The Morgan fingerprint density at radius 1 is 1.28 bits per heavy atom. The van der Waals surface area contributed by atoms with Crippen molar-refractivity contribution in [2.75, 3.05) is 0 Å². The Morgan fingerprint density at radius 2 is 1.94 bits per heavy atom. The van der Waals surface area contributed by atoms with Gasteiger partial charge < -0.3 is 5.32 Å². The van der Waals surface area contributed by atoms with Crippen molar-refractivity contribution in [1.29, 1.82) is 0 Å². The van der Waals surface area contributed by atoms with E-state index in [1.807, 2.05) is 20.8 Å². The highest BCUT2D eigenvalue weighted by atomic mass is 35.5. The van der Waals surface area contributed by atoms with Crippen LogP contribution in [0.3, 0.4) is 0 Å². The van der Waals surface area contributed by atoms with E-state index in [2.05, 4.69) is 16.2 Å². The van der Waals surface area contributed by atoms with Crippen LogP contribution in [0.25, 0.3) is 0 Å². The van der Waals surface area contributed by atoms with Crippen LogP contribution in [0.4, 0.5) is 0 Å². The van der Waals surface area contributed by atoms with Gasteiger partial charge in [-0.25, -0.2) is 0 Å². The van der Waals surface area contributed by atoms with E-state index in [1.54, 1.807) is 24.3 Å². The third kappa shape index (κ3) is 5.33. The number of hydrogen-bond acceptors (Lipinski definition) is 2. The summed E-state index contributed by atoms with van der Waals surface area (Å²) >= 11 is 10.8. The quantitative estimate of drug-likeness (QED) is 0.547. The van der Waals surface area contributed by atoms with Crippen molar-refractivity contribution in [3.8, 4) is 0 Å². The lowest BCUT2D eigenvalue weighted by atomic mass is 10.1. The molecular formula is C12H16ClN3OS. The van der Waals surface area contributed by atoms with Crippen molar-refractivity contribution < 1.29 is 4.79 Å². The number of benzene rings is 1. The maximum Gasteiger partial charge on any atom is 0.269 e. The number of thiocarbonyl (C=S) groups is 1. The highest BCUT2D eigenvalue weighted by Crippen LogP contribution is 2.10. The molecule has 0 saturated heterocycles. The lowest BCUT2D eigenvalue weighted by molar-refractivity contribution is 0.0943. The van der Waals surface area contributed by atoms with E-state index in [1.165, 1.54) is 0 Å². The highest BCUT2D eigenvalue weighted by molar-refractivity contribution is 7.80. The number of rotatable bonds is 1.